The lowest BCUT2D eigenvalue weighted by Gasteiger charge is -2.38. The summed E-state index contributed by atoms with van der Waals surface area (Å²) in [6, 6.07) is 15.1. The molecule has 2 aromatic rings. The van der Waals surface area contributed by atoms with Crippen molar-refractivity contribution in [1.29, 1.82) is 0 Å². The molecule has 2 N–H and O–H groups in total. The molecule has 1 aliphatic heterocycles. The summed E-state index contributed by atoms with van der Waals surface area (Å²) in [5.41, 5.74) is 4.21. The van der Waals surface area contributed by atoms with Crippen molar-refractivity contribution in [3.05, 3.63) is 71.3 Å². The Bertz CT molecular complexity index is 894. The maximum atomic E-state index is 12.9. The Labute approximate surface area is 177 Å². The average Bonchev–Trinajstić information content (AvgIpc) is 3.26. The highest BCUT2D eigenvalue weighted by Crippen LogP contribution is 2.50. The standard InChI is InChI=1S/C24H28N2O2S/c1-28-15-5-14-25-24(27)21-9-4-8-20-18-6-3-7-19(18)22(26-23(20)21)16-10-12-17(29-2)13-11-16/h3-4,6,8-13,18-19,22,26H,5,7,14-15H2,1-2H3,(H,25,27). The van der Waals surface area contributed by atoms with Crippen molar-refractivity contribution < 1.29 is 9.53 Å². The van der Waals surface area contributed by atoms with E-state index in [0.29, 0.717) is 25.0 Å². The molecule has 5 heteroatoms. The molecule has 4 nitrogen and oxygen atoms in total. The summed E-state index contributed by atoms with van der Waals surface area (Å²) in [5.74, 6) is 0.794. The number of anilines is 1. The van der Waals surface area contributed by atoms with Crippen molar-refractivity contribution in [2.75, 3.05) is 31.8 Å². The van der Waals surface area contributed by atoms with Crippen LogP contribution in [0.1, 0.15) is 46.3 Å². The van der Waals surface area contributed by atoms with Crippen LogP contribution < -0.4 is 10.6 Å². The van der Waals surface area contributed by atoms with Crippen molar-refractivity contribution in [3.8, 4) is 0 Å². The maximum Gasteiger partial charge on any atom is 0.253 e. The summed E-state index contributed by atoms with van der Waals surface area (Å²) in [6.45, 7) is 1.26. The Morgan fingerprint density at radius 2 is 2.07 bits per heavy atom. The van der Waals surface area contributed by atoms with Gasteiger partial charge >= 0.3 is 0 Å². The minimum Gasteiger partial charge on any atom is -0.385 e. The number of fused-ring (bicyclic) bond motifs is 3. The molecule has 1 heterocycles. The van der Waals surface area contributed by atoms with Gasteiger partial charge in [0.15, 0.2) is 0 Å². The van der Waals surface area contributed by atoms with E-state index in [9.17, 15) is 4.79 Å². The van der Waals surface area contributed by atoms with Gasteiger partial charge < -0.3 is 15.4 Å². The number of carbonyl (C=O) groups is 1. The zero-order valence-electron chi connectivity index (χ0n) is 17.0. The number of para-hydroxylation sites is 1. The molecular weight excluding hydrogens is 380 g/mol. The van der Waals surface area contributed by atoms with Gasteiger partial charge in [-0.25, -0.2) is 0 Å². The van der Waals surface area contributed by atoms with E-state index in [0.717, 1.165) is 24.1 Å². The van der Waals surface area contributed by atoms with E-state index < -0.39 is 0 Å². The maximum absolute atomic E-state index is 12.9. The highest BCUT2D eigenvalue weighted by molar-refractivity contribution is 7.98. The van der Waals surface area contributed by atoms with Gasteiger partial charge in [-0.2, -0.15) is 0 Å². The number of amides is 1. The molecule has 3 atom stereocenters. The Balaban J connectivity index is 1.63. The van der Waals surface area contributed by atoms with Crippen LogP contribution in [0.5, 0.6) is 0 Å². The smallest absolute Gasteiger partial charge is 0.253 e. The van der Waals surface area contributed by atoms with Gasteiger partial charge in [0.2, 0.25) is 0 Å². The fourth-order valence-corrected chi connectivity index (χ4v) is 4.87. The summed E-state index contributed by atoms with van der Waals surface area (Å²) >= 11 is 1.75. The van der Waals surface area contributed by atoms with E-state index in [1.54, 1.807) is 18.9 Å². The van der Waals surface area contributed by atoms with E-state index >= 15 is 0 Å². The first-order valence-electron chi connectivity index (χ1n) is 10.2. The number of ether oxygens (including phenoxy) is 1. The molecule has 4 rings (SSSR count). The minimum atomic E-state index is -0.0256. The van der Waals surface area contributed by atoms with Gasteiger partial charge in [-0.3, -0.25) is 4.79 Å². The molecule has 0 radical (unpaired) electrons. The Kier molecular flexibility index (Phi) is 6.26. The fraction of sp³-hybridized carbons (Fsp3) is 0.375. The number of rotatable bonds is 7. The van der Waals surface area contributed by atoms with Gasteiger partial charge in [0.05, 0.1) is 17.3 Å². The number of hydrogen-bond acceptors (Lipinski definition) is 4. The molecular formula is C24H28N2O2S. The normalized spacial score (nSPS) is 21.9. The molecule has 0 aromatic heterocycles. The number of nitrogens with one attached hydrogen (secondary N) is 2. The third kappa shape index (κ3) is 4.07. The summed E-state index contributed by atoms with van der Waals surface area (Å²) in [5, 5.41) is 6.77. The van der Waals surface area contributed by atoms with Gasteiger partial charge in [-0.05, 0) is 54.3 Å². The van der Waals surface area contributed by atoms with Crippen LogP contribution in [0.3, 0.4) is 0 Å². The second kappa shape index (κ2) is 9.06. The number of allylic oxidation sites excluding steroid dienone is 2. The van der Waals surface area contributed by atoms with Crippen molar-refractivity contribution >= 4 is 23.4 Å². The molecule has 0 saturated carbocycles. The van der Waals surface area contributed by atoms with Gasteiger partial charge in [0, 0.05) is 31.1 Å². The zero-order valence-corrected chi connectivity index (χ0v) is 17.8. The molecule has 0 saturated heterocycles. The predicted octanol–water partition coefficient (Wildman–Crippen LogP) is 5.00. The van der Waals surface area contributed by atoms with Crippen LogP contribution in [0.15, 0.2) is 59.5 Å². The lowest BCUT2D eigenvalue weighted by molar-refractivity contribution is 0.0949. The molecule has 0 bridgehead atoms. The SMILES string of the molecule is COCCCNC(=O)c1cccc2c1NC(c1ccc(SC)cc1)C1CC=CC21. The van der Waals surface area contributed by atoms with Crippen LogP contribution in [0.25, 0.3) is 0 Å². The van der Waals surface area contributed by atoms with Crippen LogP contribution in [0, 0.1) is 5.92 Å². The van der Waals surface area contributed by atoms with Crippen molar-refractivity contribution in [2.24, 2.45) is 5.92 Å². The quantitative estimate of drug-likeness (QED) is 0.384. The number of methoxy groups -OCH3 is 1. The second-order valence-electron chi connectivity index (χ2n) is 7.62. The topological polar surface area (TPSA) is 50.4 Å². The average molecular weight is 409 g/mol. The lowest BCUT2D eigenvalue weighted by Crippen LogP contribution is -2.32. The molecule has 1 amide bonds. The van der Waals surface area contributed by atoms with E-state index in [4.69, 9.17) is 4.74 Å². The van der Waals surface area contributed by atoms with Gasteiger partial charge in [0.25, 0.3) is 5.91 Å². The van der Waals surface area contributed by atoms with E-state index in [2.05, 4.69) is 59.4 Å². The third-order valence-corrected chi connectivity index (χ3v) is 6.67. The van der Waals surface area contributed by atoms with Gasteiger partial charge in [0.1, 0.15) is 0 Å². The summed E-state index contributed by atoms with van der Waals surface area (Å²) < 4.78 is 5.07. The summed E-state index contributed by atoms with van der Waals surface area (Å²) in [6.07, 6.45) is 8.56. The van der Waals surface area contributed by atoms with E-state index in [-0.39, 0.29) is 11.9 Å². The zero-order chi connectivity index (χ0) is 20.2. The molecule has 152 valence electrons. The van der Waals surface area contributed by atoms with Crippen LogP contribution in [0.4, 0.5) is 5.69 Å². The Hall–Kier alpha value is -2.24. The molecule has 2 aliphatic rings. The summed E-state index contributed by atoms with van der Waals surface area (Å²) in [7, 11) is 1.68. The number of carbonyl (C=O) groups excluding carboxylic acids is 1. The number of benzene rings is 2. The predicted molar refractivity (Wildman–Crippen MR) is 120 cm³/mol. The minimum absolute atomic E-state index is 0.0256. The highest BCUT2D eigenvalue weighted by atomic mass is 32.2. The molecule has 0 fully saturated rings. The van der Waals surface area contributed by atoms with Crippen LogP contribution in [-0.4, -0.2) is 32.4 Å². The third-order valence-electron chi connectivity index (χ3n) is 5.93. The van der Waals surface area contributed by atoms with Crippen molar-refractivity contribution in [2.45, 2.75) is 29.7 Å². The van der Waals surface area contributed by atoms with E-state index in [1.807, 2.05) is 12.1 Å². The van der Waals surface area contributed by atoms with Crippen molar-refractivity contribution in [1.82, 2.24) is 5.32 Å². The monoisotopic (exact) mass is 408 g/mol. The lowest BCUT2D eigenvalue weighted by atomic mass is 9.76. The first-order chi connectivity index (χ1) is 14.2. The highest BCUT2D eigenvalue weighted by Gasteiger charge is 2.39. The summed E-state index contributed by atoms with van der Waals surface area (Å²) in [4.78, 5) is 14.2. The Morgan fingerprint density at radius 1 is 1.24 bits per heavy atom. The molecule has 0 spiro atoms. The molecule has 2 aromatic carbocycles. The number of thioether (sulfide) groups is 1. The molecule has 1 aliphatic carbocycles. The first kappa shape index (κ1) is 20.0. The Morgan fingerprint density at radius 3 is 2.83 bits per heavy atom. The largest absolute Gasteiger partial charge is 0.385 e. The first-order valence-corrected chi connectivity index (χ1v) is 11.4. The second-order valence-corrected chi connectivity index (χ2v) is 8.50. The van der Waals surface area contributed by atoms with Crippen LogP contribution >= 0.6 is 11.8 Å². The molecule has 3 unspecified atom stereocenters. The van der Waals surface area contributed by atoms with Gasteiger partial charge in [-0.15, -0.1) is 11.8 Å². The van der Waals surface area contributed by atoms with Gasteiger partial charge in [-0.1, -0.05) is 36.4 Å². The fourth-order valence-electron chi connectivity index (χ4n) is 4.47. The number of hydrogen-bond donors (Lipinski definition) is 2. The molecule has 29 heavy (non-hydrogen) atoms. The van der Waals surface area contributed by atoms with Crippen molar-refractivity contribution in [3.63, 3.8) is 0 Å². The van der Waals surface area contributed by atoms with Crippen LogP contribution in [-0.2, 0) is 4.74 Å². The van der Waals surface area contributed by atoms with Crippen LogP contribution in [0.2, 0.25) is 0 Å². The van der Waals surface area contributed by atoms with E-state index in [1.165, 1.54) is 16.0 Å².